The third-order valence-electron chi connectivity index (χ3n) is 6.80. The summed E-state index contributed by atoms with van der Waals surface area (Å²) in [6.07, 6.45) is -2.56. The third kappa shape index (κ3) is 7.65. The zero-order valence-electron chi connectivity index (χ0n) is 22.4. The summed E-state index contributed by atoms with van der Waals surface area (Å²) in [5, 5.41) is 13.0. The monoisotopic (exact) mass is 550 g/mol. The maximum absolute atomic E-state index is 14.1. The number of alkyl carbamates (subject to hydrolysis) is 1. The van der Waals surface area contributed by atoms with E-state index in [0.717, 1.165) is 10.5 Å². The van der Waals surface area contributed by atoms with E-state index in [2.05, 4.69) is 10.3 Å². The average Bonchev–Trinajstić information content (AvgIpc) is 3.47. The van der Waals surface area contributed by atoms with Crippen molar-refractivity contribution in [2.24, 2.45) is 4.99 Å². The second-order valence-corrected chi connectivity index (χ2v) is 11.3. The van der Waals surface area contributed by atoms with Crippen molar-refractivity contribution in [1.82, 2.24) is 15.1 Å². The molecule has 4 atom stereocenters. The largest absolute Gasteiger partial charge is 0.477 e. The van der Waals surface area contributed by atoms with E-state index in [1.807, 2.05) is 30.3 Å². The minimum atomic E-state index is -3.05. The first-order valence-corrected chi connectivity index (χ1v) is 13.2. The van der Waals surface area contributed by atoms with Crippen molar-refractivity contribution in [3.8, 4) is 0 Å². The van der Waals surface area contributed by atoms with Gasteiger partial charge in [0.25, 0.3) is 5.92 Å². The number of benzene rings is 1. The summed E-state index contributed by atoms with van der Waals surface area (Å²) in [6, 6.07) is 7.74. The lowest BCUT2D eigenvalue weighted by atomic mass is 10.0. The maximum Gasteiger partial charge on any atom is 0.407 e. The number of ether oxygens (including phenoxy) is 2. The molecule has 0 aliphatic carbocycles. The minimum Gasteiger partial charge on any atom is -0.477 e. The molecule has 0 radical (unpaired) electrons. The number of β-amino-alcohol motifs (C(OH)–C–C–N with tert-alkyl or cyclic N) is 1. The molecule has 2 saturated heterocycles. The lowest BCUT2D eigenvalue weighted by molar-refractivity contribution is -0.148. The quantitative estimate of drug-likeness (QED) is 0.539. The maximum atomic E-state index is 14.1. The lowest BCUT2D eigenvalue weighted by Crippen LogP contribution is -2.54. The fourth-order valence-corrected chi connectivity index (χ4v) is 5.03. The van der Waals surface area contributed by atoms with Crippen LogP contribution in [-0.2, 0) is 19.1 Å². The zero-order chi connectivity index (χ0) is 28.4. The van der Waals surface area contributed by atoms with Crippen molar-refractivity contribution >= 4 is 23.8 Å². The van der Waals surface area contributed by atoms with Crippen LogP contribution < -0.4 is 5.32 Å². The van der Waals surface area contributed by atoms with Crippen LogP contribution in [0.25, 0.3) is 0 Å². The summed E-state index contributed by atoms with van der Waals surface area (Å²) in [4.78, 5) is 45.5. The van der Waals surface area contributed by atoms with Gasteiger partial charge in [0.05, 0.1) is 18.7 Å². The molecule has 4 rings (SSSR count). The third-order valence-corrected chi connectivity index (χ3v) is 6.80. The van der Waals surface area contributed by atoms with Crippen LogP contribution in [0.4, 0.5) is 13.6 Å². The fourth-order valence-electron chi connectivity index (χ4n) is 5.03. The molecule has 3 amide bonds. The highest BCUT2D eigenvalue weighted by atomic mass is 19.3. The highest BCUT2D eigenvalue weighted by Gasteiger charge is 2.43. The summed E-state index contributed by atoms with van der Waals surface area (Å²) < 4.78 is 39.2. The highest BCUT2D eigenvalue weighted by Crippen LogP contribution is 2.30. The van der Waals surface area contributed by atoms with Crippen molar-refractivity contribution in [1.29, 1.82) is 0 Å². The van der Waals surface area contributed by atoms with Gasteiger partial charge in [-0.1, -0.05) is 30.3 Å². The molecule has 2 N–H and O–H groups in total. The molecule has 3 heterocycles. The Bertz CT molecular complexity index is 1090. The van der Waals surface area contributed by atoms with Crippen LogP contribution in [-0.4, -0.2) is 94.7 Å². The Labute approximate surface area is 226 Å². The molecule has 2 fully saturated rings. The van der Waals surface area contributed by atoms with Crippen molar-refractivity contribution in [3.05, 3.63) is 35.9 Å². The summed E-state index contributed by atoms with van der Waals surface area (Å²) in [5.74, 6) is -3.62. The Morgan fingerprint density at radius 1 is 1.28 bits per heavy atom. The van der Waals surface area contributed by atoms with Crippen LogP contribution in [0.1, 0.15) is 58.1 Å². The van der Waals surface area contributed by atoms with E-state index < -0.39 is 60.6 Å². The molecule has 12 heteroatoms. The van der Waals surface area contributed by atoms with E-state index in [1.54, 1.807) is 20.8 Å². The molecule has 0 spiro atoms. The van der Waals surface area contributed by atoms with Gasteiger partial charge in [0.15, 0.2) is 0 Å². The minimum absolute atomic E-state index is 0.0295. The average molecular weight is 551 g/mol. The number of nitrogens with zero attached hydrogens (tertiary/aromatic N) is 3. The van der Waals surface area contributed by atoms with Gasteiger partial charge in [-0.15, -0.1) is 0 Å². The number of aliphatic hydroxyl groups is 1. The normalized spacial score (nSPS) is 25.6. The van der Waals surface area contributed by atoms with E-state index in [0.29, 0.717) is 12.5 Å². The predicted octanol–water partition coefficient (Wildman–Crippen LogP) is 2.66. The second kappa shape index (κ2) is 11.4. The van der Waals surface area contributed by atoms with Crippen LogP contribution in [0.2, 0.25) is 0 Å². The molecule has 0 aromatic heterocycles. The zero-order valence-corrected chi connectivity index (χ0v) is 22.4. The number of carbonyl (C=O) groups is 3. The summed E-state index contributed by atoms with van der Waals surface area (Å²) in [7, 11) is 0. The number of hydrogen-bond acceptors (Lipinski definition) is 7. The van der Waals surface area contributed by atoms with E-state index in [4.69, 9.17) is 9.47 Å². The van der Waals surface area contributed by atoms with Gasteiger partial charge in [0.2, 0.25) is 17.7 Å². The molecule has 0 bridgehead atoms. The lowest BCUT2D eigenvalue weighted by Gasteiger charge is -2.35. The van der Waals surface area contributed by atoms with Crippen LogP contribution >= 0.6 is 0 Å². The molecule has 0 saturated carbocycles. The summed E-state index contributed by atoms with van der Waals surface area (Å²) in [6.45, 7) is 4.27. The SMILES string of the molecule is CC(C)(C)OC(=O)N[C@@H](CC(=O)N1C[C@H](O)C[C@H]1C1=N[C@@H](c2ccccc2)CO1)CN1CC(F)(F)CCC1=O. The highest BCUT2D eigenvalue weighted by molar-refractivity contribution is 5.90. The number of hydrogen-bond donors (Lipinski definition) is 2. The van der Waals surface area contributed by atoms with E-state index in [-0.39, 0.29) is 38.4 Å². The van der Waals surface area contributed by atoms with Gasteiger partial charge >= 0.3 is 6.09 Å². The number of likely N-dealkylation sites (tertiary alicyclic amines) is 2. The van der Waals surface area contributed by atoms with Gasteiger partial charge in [-0.2, -0.15) is 0 Å². The number of rotatable bonds is 7. The van der Waals surface area contributed by atoms with Crippen LogP contribution in [0.15, 0.2) is 35.3 Å². The van der Waals surface area contributed by atoms with Crippen LogP contribution in [0.5, 0.6) is 0 Å². The van der Waals surface area contributed by atoms with E-state index in [1.165, 1.54) is 4.90 Å². The van der Waals surface area contributed by atoms with Crippen molar-refractivity contribution in [3.63, 3.8) is 0 Å². The molecule has 1 aromatic rings. The van der Waals surface area contributed by atoms with Crippen molar-refractivity contribution < 1.29 is 37.7 Å². The Balaban J connectivity index is 1.49. The molecular formula is C27H36F2N4O6. The van der Waals surface area contributed by atoms with E-state index in [9.17, 15) is 28.3 Å². The number of alkyl halides is 2. The number of halogens is 2. The molecule has 0 unspecified atom stereocenters. The standard InChI is InChI=1S/C27H36F2N4O6/c1-26(2,3)39-25(37)30-18(13-32-16-27(28,29)10-9-22(32)35)11-23(36)33-14-19(34)12-21(33)24-31-20(15-38-24)17-7-5-4-6-8-17/h4-8,18-21,34H,9-16H2,1-3H3,(H,30,37)/t18-,19+,20+,21-/m0/s1. The Morgan fingerprint density at radius 2 is 2.00 bits per heavy atom. The van der Waals surface area contributed by atoms with Gasteiger partial charge < -0.3 is 29.7 Å². The molecule has 3 aliphatic rings. The Hall–Kier alpha value is -3.28. The first-order chi connectivity index (χ1) is 18.3. The fraction of sp³-hybridized carbons (Fsp3) is 0.630. The Morgan fingerprint density at radius 3 is 2.69 bits per heavy atom. The van der Waals surface area contributed by atoms with Gasteiger partial charge in [-0.05, 0) is 26.3 Å². The number of amides is 3. The van der Waals surface area contributed by atoms with E-state index >= 15 is 0 Å². The molecule has 3 aliphatic heterocycles. The predicted molar refractivity (Wildman–Crippen MR) is 137 cm³/mol. The van der Waals surface area contributed by atoms with Gasteiger partial charge in [0, 0.05) is 38.8 Å². The molecular weight excluding hydrogens is 514 g/mol. The molecule has 214 valence electrons. The number of aliphatic hydroxyl groups excluding tert-OH is 1. The molecule has 1 aromatic carbocycles. The smallest absolute Gasteiger partial charge is 0.407 e. The van der Waals surface area contributed by atoms with Crippen LogP contribution in [0, 0.1) is 0 Å². The number of aliphatic imine (C=N–C) groups is 1. The summed E-state index contributed by atoms with van der Waals surface area (Å²) in [5.41, 5.74) is 0.137. The molecule has 10 nitrogen and oxygen atoms in total. The summed E-state index contributed by atoms with van der Waals surface area (Å²) >= 11 is 0. The van der Waals surface area contributed by atoms with Gasteiger partial charge in [-0.25, -0.2) is 18.6 Å². The second-order valence-electron chi connectivity index (χ2n) is 11.3. The number of nitrogens with one attached hydrogen (secondary N) is 1. The van der Waals surface area contributed by atoms with Crippen molar-refractivity contribution in [2.45, 2.75) is 82.2 Å². The Kier molecular flexibility index (Phi) is 8.43. The topological polar surface area (TPSA) is 121 Å². The number of carbonyl (C=O) groups excluding carboxylic acids is 3. The van der Waals surface area contributed by atoms with Gasteiger partial charge in [0.1, 0.15) is 24.3 Å². The first-order valence-electron chi connectivity index (χ1n) is 13.2. The first kappa shape index (κ1) is 28.7. The van der Waals surface area contributed by atoms with Gasteiger partial charge in [-0.3, -0.25) is 9.59 Å². The van der Waals surface area contributed by atoms with Crippen LogP contribution in [0.3, 0.4) is 0 Å². The van der Waals surface area contributed by atoms with Crippen molar-refractivity contribution in [2.75, 3.05) is 26.2 Å². The molecule has 39 heavy (non-hydrogen) atoms. The number of piperidine rings is 1.